The van der Waals surface area contributed by atoms with Gasteiger partial charge in [0.25, 0.3) is 0 Å². The van der Waals surface area contributed by atoms with Crippen LogP contribution >= 0.6 is 0 Å². The maximum absolute atomic E-state index is 11.3. The van der Waals surface area contributed by atoms with Gasteiger partial charge in [-0.3, -0.25) is 0 Å². The van der Waals surface area contributed by atoms with E-state index in [2.05, 4.69) is 5.16 Å². The maximum Gasteiger partial charge on any atom is 0.238 e. The Labute approximate surface area is 133 Å². The smallest absolute Gasteiger partial charge is 0.238 e. The van der Waals surface area contributed by atoms with Gasteiger partial charge in [-0.2, -0.15) is 0 Å². The lowest BCUT2D eigenvalue weighted by Crippen LogP contribution is -2.11. The van der Waals surface area contributed by atoms with Crippen LogP contribution in [-0.4, -0.2) is 20.7 Å². The molecule has 2 N–H and O–H groups in total. The molecular formula is C16H14N2O4S. The zero-order chi connectivity index (χ0) is 16.4. The van der Waals surface area contributed by atoms with Crippen LogP contribution in [0.25, 0.3) is 22.4 Å². The fourth-order valence-corrected chi connectivity index (χ4v) is 2.74. The normalized spacial score (nSPS) is 11.4. The number of nitrogens with zero attached hydrogens (tertiary/aromatic N) is 1. The lowest BCUT2D eigenvalue weighted by atomic mass is 10.0. The number of ether oxygens (including phenoxy) is 1. The Morgan fingerprint density at radius 1 is 1.00 bits per heavy atom. The first-order valence-corrected chi connectivity index (χ1v) is 8.26. The first-order chi connectivity index (χ1) is 11.0. The molecule has 118 valence electrons. The summed E-state index contributed by atoms with van der Waals surface area (Å²) in [5.41, 5.74) is 3.07. The number of sulfonamides is 1. The van der Waals surface area contributed by atoms with Crippen molar-refractivity contribution in [2.75, 3.05) is 7.11 Å². The molecule has 23 heavy (non-hydrogen) atoms. The van der Waals surface area contributed by atoms with E-state index in [4.69, 9.17) is 14.4 Å². The molecule has 0 aliphatic carbocycles. The Bertz CT molecular complexity index is 913. The highest BCUT2D eigenvalue weighted by Gasteiger charge is 2.14. The van der Waals surface area contributed by atoms with Crippen molar-refractivity contribution in [3.63, 3.8) is 0 Å². The van der Waals surface area contributed by atoms with Crippen molar-refractivity contribution < 1.29 is 17.7 Å². The van der Waals surface area contributed by atoms with Crippen LogP contribution in [0, 0.1) is 0 Å². The Balaban J connectivity index is 2.00. The third-order valence-electron chi connectivity index (χ3n) is 3.43. The molecule has 7 heteroatoms. The number of primary sulfonamides is 1. The minimum atomic E-state index is -3.71. The van der Waals surface area contributed by atoms with Gasteiger partial charge in [0, 0.05) is 11.1 Å². The Morgan fingerprint density at radius 2 is 1.61 bits per heavy atom. The van der Waals surface area contributed by atoms with Gasteiger partial charge in [-0.25, -0.2) is 13.6 Å². The lowest BCUT2D eigenvalue weighted by molar-refractivity contribution is 0.414. The molecule has 0 radical (unpaired) electrons. The summed E-state index contributed by atoms with van der Waals surface area (Å²) >= 11 is 0. The monoisotopic (exact) mass is 330 g/mol. The van der Waals surface area contributed by atoms with Crippen LogP contribution in [0.2, 0.25) is 0 Å². The van der Waals surface area contributed by atoms with Crippen molar-refractivity contribution in [2.45, 2.75) is 4.90 Å². The molecule has 0 spiro atoms. The second kappa shape index (κ2) is 5.86. The van der Waals surface area contributed by atoms with Crippen LogP contribution in [0.4, 0.5) is 0 Å². The molecule has 0 saturated carbocycles. The summed E-state index contributed by atoms with van der Waals surface area (Å²) in [4.78, 5) is 0.0590. The fourth-order valence-electron chi connectivity index (χ4n) is 2.22. The van der Waals surface area contributed by atoms with Gasteiger partial charge >= 0.3 is 0 Å². The van der Waals surface area contributed by atoms with Gasteiger partial charge in [0.2, 0.25) is 10.0 Å². The molecule has 0 saturated heterocycles. The highest BCUT2D eigenvalue weighted by molar-refractivity contribution is 7.89. The fraction of sp³-hybridized carbons (Fsp3) is 0.0625. The molecule has 0 aliphatic heterocycles. The summed E-state index contributed by atoms with van der Waals surface area (Å²) in [6.45, 7) is 0. The van der Waals surface area contributed by atoms with Gasteiger partial charge in [0.1, 0.15) is 17.7 Å². The Hall–Kier alpha value is -2.64. The largest absolute Gasteiger partial charge is 0.497 e. The number of benzene rings is 2. The number of aromatic nitrogens is 1. The van der Waals surface area contributed by atoms with Gasteiger partial charge in [-0.05, 0) is 42.0 Å². The summed E-state index contributed by atoms with van der Waals surface area (Å²) in [5, 5.41) is 9.13. The second-order valence-electron chi connectivity index (χ2n) is 4.87. The molecule has 0 atom stereocenters. The van der Waals surface area contributed by atoms with Gasteiger partial charge in [-0.15, -0.1) is 0 Å². The standard InChI is InChI=1S/C16H14N2O4S/c1-21-13-6-2-12(3-7-13)16-15(10-22-18-16)11-4-8-14(9-5-11)23(17,19)20/h2-10H,1H3,(H2,17,19,20). The number of rotatable bonds is 4. The van der Waals surface area contributed by atoms with E-state index in [-0.39, 0.29) is 4.90 Å². The van der Waals surface area contributed by atoms with E-state index in [1.165, 1.54) is 18.4 Å². The number of nitrogens with two attached hydrogens (primary N) is 1. The summed E-state index contributed by atoms with van der Waals surface area (Å²) in [6.07, 6.45) is 1.52. The average molecular weight is 330 g/mol. The van der Waals surface area contributed by atoms with Crippen molar-refractivity contribution in [2.24, 2.45) is 5.14 Å². The molecule has 1 heterocycles. The van der Waals surface area contributed by atoms with Crippen molar-refractivity contribution >= 4 is 10.0 Å². The van der Waals surface area contributed by atoms with Gasteiger partial charge < -0.3 is 9.26 Å². The lowest BCUT2D eigenvalue weighted by Gasteiger charge is -2.04. The van der Waals surface area contributed by atoms with Gasteiger partial charge in [-0.1, -0.05) is 17.3 Å². The zero-order valence-electron chi connectivity index (χ0n) is 12.3. The van der Waals surface area contributed by atoms with Crippen molar-refractivity contribution in [3.05, 3.63) is 54.8 Å². The molecular weight excluding hydrogens is 316 g/mol. The van der Waals surface area contributed by atoms with Gasteiger partial charge in [0.05, 0.1) is 12.0 Å². The topological polar surface area (TPSA) is 95.4 Å². The summed E-state index contributed by atoms with van der Waals surface area (Å²) in [6, 6.07) is 13.6. The SMILES string of the molecule is COc1ccc(-c2nocc2-c2ccc(S(N)(=O)=O)cc2)cc1. The molecule has 2 aromatic carbocycles. The molecule has 3 aromatic rings. The zero-order valence-corrected chi connectivity index (χ0v) is 13.1. The number of hydrogen-bond donors (Lipinski definition) is 1. The van der Waals surface area contributed by atoms with E-state index in [9.17, 15) is 8.42 Å². The predicted octanol–water partition coefficient (Wildman–Crippen LogP) is 2.66. The average Bonchev–Trinajstić information content (AvgIpc) is 3.04. The van der Waals surface area contributed by atoms with Crippen molar-refractivity contribution in [1.82, 2.24) is 5.16 Å². The minimum absolute atomic E-state index is 0.0590. The Morgan fingerprint density at radius 3 is 2.17 bits per heavy atom. The van der Waals surface area contributed by atoms with E-state index in [1.54, 1.807) is 19.2 Å². The Kier molecular flexibility index (Phi) is 3.89. The molecule has 0 aliphatic rings. The van der Waals surface area contributed by atoms with E-state index in [0.717, 1.165) is 22.4 Å². The summed E-state index contributed by atoms with van der Waals surface area (Å²) in [7, 11) is -2.11. The molecule has 6 nitrogen and oxygen atoms in total. The van der Waals surface area contributed by atoms with E-state index in [1.807, 2.05) is 24.3 Å². The number of hydrogen-bond acceptors (Lipinski definition) is 5. The van der Waals surface area contributed by atoms with Gasteiger partial charge in [0.15, 0.2) is 0 Å². The van der Waals surface area contributed by atoms with Crippen molar-refractivity contribution in [1.29, 1.82) is 0 Å². The van der Waals surface area contributed by atoms with Crippen molar-refractivity contribution in [3.8, 4) is 28.1 Å². The summed E-state index contributed by atoms with van der Waals surface area (Å²) < 4.78 is 32.8. The first-order valence-electron chi connectivity index (χ1n) is 6.71. The predicted molar refractivity (Wildman–Crippen MR) is 85.3 cm³/mol. The van der Waals surface area contributed by atoms with Crippen LogP contribution in [0.1, 0.15) is 0 Å². The summed E-state index contributed by atoms with van der Waals surface area (Å²) in [5.74, 6) is 0.747. The van der Waals surface area contributed by atoms with Crippen LogP contribution < -0.4 is 9.88 Å². The highest BCUT2D eigenvalue weighted by Crippen LogP contribution is 2.32. The van der Waals surface area contributed by atoms with E-state index < -0.39 is 10.0 Å². The maximum atomic E-state index is 11.3. The third-order valence-corrected chi connectivity index (χ3v) is 4.36. The molecule has 0 fully saturated rings. The van der Waals surface area contributed by atoms with Crippen LogP contribution in [0.5, 0.6) is 5.75 Å². The minimum Gasteiger partial charge on any atom is -0.497 e. The van der Waals surface area contributed by atoms with Crippen LogP contribution in [0.15, 0.2) is 64.2 Å². The second-order valence-corrected chi connectivity index (χ2v) is 6.44. The molecule has 1 aromatic heterocycles. The van der Waals surface area contributed by atoms with Crippen LogP contribution in [0.3, 0.4) is 0 Å². The third kappa shape index (κ3) is 3.10. The van der Waals surface area contributed by atoms with E-state index >= 15 is 0 Å². The molecule has 0 amide bonds. The first kappa shape index (κ1) is 15.3. The quantitative estimate of drug-likeness (QED) is 0.793. The highest BCUT2D eigenvalue weighted by atomic mass is 32.2. The van der Waals surface area contributed by atoms with E-state index in [0.29, 0.717) is 5.69 Å². The molecule has 0 unspecified atom stereocenters. The molecule has 3 rings (SSSR count). The van der Waals surface area contributed by atoms with Crippen LogP contribution in [-0.2, 0) is 10.0 Å². The number of methoxy groups -OCH3 is 1. The molecule has 0 bridgehead atoms.